The van der Waals surface area contributed by atoms with Crippen LogP contribution in [0.5, 0.6) is 0 Å². The lowest BCUT2D eigenvalue weighted by molar-refractivity contribution is -0.144. The van der Waals surface area contributed by atoms with Crippen LogP contribution in [0, 0.1) is 5.92 Å². The molecule has 14 N–H and O–H groups in total. The predicted octanol–water partition coefficient (Wildman–Crippen LogP) is -1.95. The van der Waals surface area contributed by atoms with Gasteiger partial charge in [-0.15, -0.1) is 0 Å². The molecule has 6 amide bonds. The maximum atomic E-state index is 13.6. The van der Waals surface area contributed by atoms with E-state index in [9.17, 15) is 43.8 Å². The van der Waals surface area contributed by atoms with Crippen molar-refractivity contribution in [3.05, 3.63) is 0 Å². The summed E-state index contributed by atoms with van der Waals surface area (Å²) in [6.07, 6.45) is 2.75. The first-order chi connectivity index (χ1) is 24.1. The Hall–Kier alpha value is -4.33. The van der Waals surface area contributed by atoms with Crippen molar-refractivity contribution in [3.63, 3.8) is 0 Å². The van der Waals surface area contributed by atoms with Gasteiger partial charge >= 0.3 is 18.0 Å². The maximum absolute atomic E-state index is 13.6. The summed E-state index contributed by atoms with van der Waals surface area (Å²) in [5.41, 5.74) is 16.4. The van der Waals surface area contributed by atoms with Crippen LogP contribution in [0.25, 0.3) is 0 Å². The van der Waals surface area contributed by atoms with E-state index in [1.54, 1.807) is 25.6 Å². The number of nitrogens with two attached hydrogens (primary N) is 3. The van der Waals surface area contributed by atoms with E-state index < -0.39 is 66.2 Å². The number of rotatable bonds is 24. The molecule has 20 heteroatoms. The zero-order valence-corrected chi connectivity index (χ0v) is 30.0. The number of unbranched alkanes of at least 4 members (excludes halogenated alkanes) is 2. The number of hydrogen-bond acceptors (Lipinski definition) is 10. The smallest absolute Gasteiger partial charge is 0.326 e. The van der Waals surface area contributed by atoms with Gasteiger partial charge in [0.1, 0.15) is 24.2 Å². The number of aliphatic imine (C=N–C) groups is 1. The zero-order chi connectivity index (χ0) is 38.1. The topological polar surface area (TPSA) is 323 Å². The highest BCUT2D eigenvalue weighted by Gasteiger charge is 2.42. The normalized spacial score (nSPS) is 20.1. The Morgan fingerprint density at radius 3 is 2.10 bits per heavy atom. The summed E-state index contributed by atoms with van der Waals surface area (Å²) >= 11 is 1.78. The van der Waals surface area contributed by atoms with E-state index in [2.05, 4.69) is 36.9 Å². The van der Waals surface area contributed by atoms with Gasteiger partial charge in [-0.25, -0.2) is 9.59 Å². The van der Waals surface area contributed by atoms with Gasteiger partial charge in [0, 0.05) is 24.0 Å². The lowest BCUT2D eigenvalue weighted by Gasteiger charge is -2.26. The Balaban J connectivity index is 2.10. The van der Waals surface area contributed by atoms with Crippen LogP contribution in [0.3, 0.4) is 0 Å². The first-order valence-corrected chi connectivity index (χ1v) is 18.3. The molecule has 0 aromatic heterocycles. The number of thioether (sulfide) groups is 1. The molecule has 2 fully saturated rings. The molecule has 7 atom stereocenters. The molecule has 0 spiro atoms. The van der Waals surface area contributed by atoms with E-state index in [0.717, 1.165) is 18.6 Å². The fourth-order valence-corrected chi connectivity index (χ4v) is 7.31. The molecular formula is C31H54N10O9S. The summed E-state index contributed by atoms with van der Waals surface area (Å²) in [4.78, 5) is 91.7. The van der Waals surface area contributed by atoms with Crippen molar-refractivity contribution in [1.82, 2.24) is 31.9 Å². The SMILES string of the molecule is CC(C)[C@H](NC(=O)[C@H](CC(=O)O)NC(=O)[C@H](CCCCN)NC(=O)[C@H](CCCN=C(N)N)NC(=O)CCCC[C@@H]1SC[C@@H]2NC(=O)N[C@@H]21)C(=O)O. The molecule has 51 heavy (non-hydrogen) atoms. The Kier molecular flexibility index (Phi) is 18.3. The van der Waals surface area contributed by atoms with Gasteiger partial charge < -0.3 is 59.3 Å². The Morgan fingerprint density at radius 2 is 1.49 bits per heavy atom. The molecule has 2 rings (SSSR count). The molecule has 0 unspecified atom stereocenters. The van der Waals surface area contributed by atoms with Crippen molar-refractivity contribution in [3.8, 4) is 0 Å². The van der Waals surface area contributed by atoms with Crippen LogP contribution in [-0.4, -0.2) is 118 Å². The van der Waals surface area contributed by atoms with Crippen molar-refractivity contribution in [1.29, 1.82) is 0 Å². The first kappa shape index (κ1) is 42.8. The Bertz CT molecular complexity index is 1270. The van der Waals surface area contributed by atoms with Gasteiger partial charge in [-0.2, -0.15) is 11.8 Å². The molecule has 2 aliphatic rings. The second-order valence-electron chi connectivity index (χ2n) is 13.0. The minimum atomic E-state index is -1.64. The number of guanidine groups is 1. The van der Waals surface area contributed by atoms with E-state index in [1.165, 1.54) is 0 Å². The quantitative estimate of drug-likeness (QED) is 0.0222. The van der Waals surface area contributed by atoms with Crippen molar-refractivity contribution < 1.29 is 43.8 Å². The highest BCUT2D eigenvalue weighted by atomic mass is 32.2. The van der Waals surface area contributed by atoms with Crippen LogP contribution in [0.1, 0.15) is 78.1 Å². The molecule has 0 radical (unpaired) electrons. The number of hydrogen-bond donors (Lipinski definition) is 11. The summed E-state index contributed by atoms with van der Waals surface area (Å²) < 4.78 is 0. The molecule has 288 valence electrons. The number of nitrogens with zero attached hydrogens (tertiary/aromatic N) is 1. The molecule has 0 aliphatic carbocycles. The first-order valence-electron chi connectivity index (χ1n) is 17.2. The Morgan fingerprint density at radius 1 is 0.863 bits per heavy atom. The van der Waals surface area contributed by atoms with Crippen LogP contribution in [-0.2, 0) is 28.8 Å². The van der Waals surface area contributed by atoms with Crippen molar-refractivity contribution in [2.75, 3.05) is 18.8 Å². The van der Waals surface area contributed by atoms with Crippen molar-refractivity contribution >= 4 is 59.3 Å². The average Bonchev–Trinajstić information content (AvgIpc) is 3.60. The third kappa shape index (κ3) is 15.2. The molecule has 0 bridgehead atoms. The second-order valence-corrected chi connectivity index (χ2v) is 14.3. The second kappa shape index (κ2) is 21.8. The number of fused-ring (bicyclic) bond motifs is 1. The van der Waals surface area contributed by atoms with E-state index in [0.29, 0.717) is 32.2 Å². The van der Waals surface area contributed by atoms with Crippen LogP contribution < -0.4 is 49.1 Å². The van der Waals surface area contributed by atoms with Gasteiger partial charge in [-0.3, -0.25) is 29.0 Å². The lowest BCUT2D eigenvalue weighted by atomic mass is 10.0. The van der Waals surface area contributed by atoms with Crippen LogP contribution in [0.15, 0.2) is 4.99 Å². The third-order valence-corrected chi connectivity index (χ3v) is 10.0. The molecule has 2 saturated heterocycles. The van der Waals surface area contributed by atoms with E-state index in [4.69, 9.17) is 17.2 Å². The third-order valence-electron chi connectivity index (χ3n) is 8.50. The highest BCUT2D eigenvalue weighted by Crippen LogP contribution is 2.33. The summed E-state index contributed by atoms with van der Waals surface area (Å²) in [6, 6.07) is -5.32. The van der Waals surface area contributed by atoms with Crippen molar-refractivity contribution in [2.45, 2.75) is 120 Å². The van der Waals surface area contributed by atoms with Gasteiger partial charge in [-0.1, -0.05) is 20.3 Å². The van der Waals surface area contributed by atoms with E-state index in [-0.39, 0.29) is 61.0 Å². The number of carbonyl (C=O) groups is 7. The van der Waals surface area contributed by atoms with Crippen LogP contribution in [0.2, 0.25) is 0 Å². The fraction of sp³-hybridized carbons (Fsp3) is 0.742. The van der Waals surface area contributed by atoms with Crippen LogP contribution >= 0.6 is 11.8 Å². The summed E-state index contributed by atoms with van der Waals surface area (Å²) in [6.45, 7) is 3.58. The highest BCUT2D eigenvalue weighted by molar-refractivity contribution is 8.00. The van der Waals surface area contributed by atoms with Gasteiger partial charge in [0.2, 0.25) is 23.6 Å². The lowest BCUT2D eigenvalue weighted by Crippen LogP contribution is -2.58. The van der Waals surface area contributed by atoms with E-state index >= 15 is 0 Å². The number of carboxylic acids is 2. The van der Waals surface area contributed by atoms with Crippen LogP contribution in [0.4, 0.5) is 4.79 Å². The number of nitrogens with one attached hydrogen (secondary N) is 6. The molecule has 0 aromatic carbocycles. The maximum Gasteiger partial charge on any atom is 0.326 e. The minimum Gasteiger partial charge on any atom is -0.481 e. The molecule has 0 saturated carbocycles. The average molecular weight is 743 g/mol. The van der Waals surface area contributed by atoms with Gasteiger partial charge in [0.05, 0.1) is 18.5 Å². The number of carbonyl (C=O) groups excluding carboxylic acids is 5. The number of aliphatic carboxylic acids is 2. The minimum absolute atomic E-state index is 0.0557. The van der Waals surface area contributed by atoms with Gasteiger partial charge in [0.15, 0.2) is 5.96 Å². The number of carboxylic acid groups (broad SMARTS) is 2. The molecular weight excluding hydrogens is 688 g/mol. The Labute approximate surface area is 301 Å². The van der Waals surface area contributed by atoms with E-state index in [1.807, 2.05) is 0 Å². The number of amides is 6. The molecule has 19 nitrogen and oxygen atoms in total. The number of urea groups is 1. The monoisotopic (exact) mass is 742 g/mol. The largest absolute Gasteiger partial charge is 0.481 e. The fourth-order valence-electron chi connectivity index (χ4n) is 5.77. The summed E-state index contributed by atoms with van der Waals surface area (Å²) in [5.74, 6) is -5.57. The molecule has 2 aliphatic heterocycles. The van der Waals surface area contributed by atoms with Gasteiger partial charge in [-0.05, 0) is 57.4 Å². The summed E-state index contributed by atoms with van der Waals surface area (Å²) in [7, 11) is 0. The molecule has 2 heterocycles. The molecule has 0 aromatic rings. The van der Waals surface area contributed by atoms with Crippen molar-refractivity contribution in [2.24, 2.45) is 28.1 Å². The summed E-state index contributed by atoms with van der Waals surface area (Å²) in [5, 5.41) is 34.9. The zero-order valence-electron chi connectivity index (χ0n) is 29.2. The predicted molar refractivity (Wildman–Crippen MR) is 189 cm³/mol. The van der Waals surface area contributed by atoms with Gasteiger partial charge in [0.25, 0.3) is 0 Å². The standard InChI is InChI=1S/C31H54N10O9S/c1-16(2)24(29(48)49)40-28(47)19(14-23(43)44)38-27(46)18(8-5-6-12-32)37-26(45)17(9-7-13-35-30(33)34)36-22(42)11-4-3-10-21-25-20(15-51-21)39-31(50)41-25/h16-21,24-25H,3-15,32H2,1-2H3,(H,36,42)(H,37,45)(H,38,46)(H,40,47)(H,43,44)(H,48,49)(H4,33,34,35)(H2,39,41,50)/t17-,18-,19-,20-,21-,24-,25-/m0/s1.